The van der Waals surface area contributed by atoms with Crippen LogP contribution in [0.4, 0.5) is 0 Å². The SMILES string of the molecule is CN(C)C(CNC(=O)C1(CN)CCCCC1)c1cccs1. The van der Waals surface area contributed by atoms with Gasteiger partial charge in [0.1, 0.15) is 0 Å². The van der Waals surface area contributed by atoms with E-state index in [4.69, 9.17) is 5.73 Å². The van der Waals surface area contributed by atoms with Crippen LogP contribution in [0.1, 0.15) is 43.0 Å². The average Bonchev–Trinajstić information content (AvgIpc) is 3.01. The molecule has 5 heteroatoms. The number of likely N-dealkylation sites (N-methyl/N-ethyl adjacent to an activating group) is 1. The van der Waals surface area contributed by atoms with E-state index in [0.717, 1.165) is 25.7 Å². The van der Waals surface area contributed by atoms with Crippen LogP contribution >= 0.6 is 11.3 Å². The van der Waals surface area contributed by atoms with Crippen molar-refractivity contribution in [2.24, 2.45) is 11.1 Å². The third-order valence-corrected chi connectivity index (χ3v) is 5.61. The highest BCUT2D eigenvalue weighted by Gasteiger charge is 2.38. The maximum absolute atomic E-state index is 12.6. The van der Waals surface area contributed by atoms with Crippen molar-refractivity contribution in [3.05, 3.63) is 22.4 Å². The summed E-state index contributed by atoms with van der Waals surface area (Å²) in [5, 5.41) is 5.24. The molecule has 1 fully saturated rings. The largest absolute Gasteiger partial charge is 0.354 e. The Kier molecular flexibility index (Phi) is 5.79. The minimum atomic E-state index is -0.329. The summed E-state index contributed by atoms with van der Waals surface area (Å²) in [5.74, 6) is 0.146. The number of nitrogens with two attached hydrogens (primary N) is 1. The predicted molar refractivity (Wildman–Crippen MR) is 88.3 cm³/mol. The first-order valence-corrected chi connectivity index (χ1v) is 8.65. The summed E-state index contributed by atoms with van der Waals surface area (Å²) in [6.07, 6.45) is 5.33. The van der Waals surface area contributed by atoms with E-state index < -0.39 is 0 Å². The number of amides is 1. The van der Waals surface area contributed by atoms with Crippen LogP contribution in [0.3, 0.4) is 0 Å². The van der Waals surface area contributed by atoms with Crippen molar-refractivity contribution in [2.45, 2.75) is 38.1 Å². The molecule has 1 aromatic heterocycles. The van der Waals surface area contributed by atoms with Gasteiger partial charge in [0.2, 0.25) is 5.91 Å². The molecule has 0 aliphatic heterocycles. The second kappa shape index (κ2) is 7.38. The van der Waals surface area contributed by atoms with Gasteiger partial charge >= 0.3 is 0 Å². The highest BCUT2D eigenvalue weighted by atomic mass is 32.1. The monoisotopic (exact) mass is 309 g/mol. The number of carbonyl (C=O) groups is 1. The Bertz CT molecular complexity index is 438. The number of rotatable bonds is 6. The zero-order valence-corrected chi connectivity index (χ0v) is 13.9. The average molecular weight is 309 g/mol. The van der Waals surface area contributed by atoms with Crippen molar-refractivity contribution < 1.29 is 4.79 Å². The van der Waals surface area contributed by atoms with Crippen molar-refractivity contribution in [1.29, 1.82) is 0 Å². The van der Waals surface area contributed by atoms with E-state index >= 15 is 0 Å². The third-order valence-electron chi connectivity index (χ3n) is 4.63. The molecule has 1 heterocycles. The Morgan fingerprint density at radius 2 is 2.14 bits per heavy atom. The Hall–Kier alpha value is -0.910. The first-order valence-electron chi connectivity index (χ1n) is 7.77. The number of hydrogen-bond donors (Lipinski definition) is 2. The van der Waals surface area contributed by atoms with E-state index in [0.29, 0.717) is 13.1 Å². The fraction of sp³-hybridized carbons (Fsp3) is 0.688. The molecule has 1 amide bonds. The fourth-order valence-corrected chi connectivity index (χ4v) is 4.07. The second-order valence-corrected chi connectivity index (χ2v) is 7.23. The molecule has 1 aliphatic carbocycles. The van der Waals surface area contributed by atoms with E-state index in [1.54, 1.807) is 11.3 Å². The maximum atomic E-state index is 12.6. The number of thiophene rings is 1. The smallest absolute Gasteiger partial charge is 0.227 e. The van der Waals surface area contributed by atoms with Crippen LogP contribution in [0, 0.1) is 5.41 Å². The van der Waals surface area contributed by atoms with Crippen LogP contribution < -0.4 is 11.1 Å². The molecule has 0 saturated heterocycles. The van der Waals surface area contributed by atoms with Gasteiger partial charge in [-0.15, -0.1) is 11.3 Å². The van der Waals surface area contributed by atoms with Crippen molar-refractivity contribution in [3.8, 4) is 0 Å². The van der Waals surface area contributed by atoms with Crippen LogP contribution in [-0.4, -0.2) is 38.0 Å². The molecule has 1 saturated carbocycles. The zero-order chi connectivity index (χ0) is 15.3. The molecule has 0 radical (unpaired) electrons. The van der Waals surface area contributed by atoms with Crippen LogP contribution in [0.5, 0.6) is 0 Å². The highest BCUT2D eigenvalue weighted by Crippen LogP contribution is 2.35. The molecule has 1 aromatic rings. The van der Waals surface area contributed by atoms with Gasteiger partial charge in [-0.05, 0) is 38.4 Å². The van der Waals surface area contributed by atoms with E-state index in [1.807, 2.05) is 0 Å². The van der Waals surface area contributed by atoms with Crippen LogP contribution in [-0.2, 0) is 4.79 Å². The fourth-order valence-electron chi connectivity index (χ4n) is 3.15. The van der Waals surface area contributed by atoms with Crippen LogP contribution in [0.25, 0.3) is 0 Å². The summed E-state index contributed by atoms with van der Waals surface area (Å²) >= 11 is 1.73. The molecule has 1 aliphatic rings. The Morgan fingerprint density at radius 3 is 2.67 bits per heavy atom. The van der Waals surface area contributed by atoms with E-state index in [1.165, 1.54) is 11.3 Å². The summed E-state index contributed by atoms with van der Waals surface area (Å²) < 4.78 is 0. The number of nitrogens with zero attached hydrogens (tertiary/aromatic N) is 1. The normalized spacial score (nSPS) is 19.4. The summed E-state index contributed by atoms with van der Waals surface area (Å²) in [4.78, 5) is 16.1. The minimum Gasteiger partial charge on any atom is -0.354 e. The van der Waals surface area contributed by atoms with E-state index in [9.17, 15) is 4.79 Å². The molecule has 2 rings (SSSR count). The summed E-state index contributed by atoms with van der Waals surface area (Å²) in [7, 11) is 4.10. The Morgan fingerprint density at radius 1 is 1.43 bits per heavy atom. The first-order chi connectivity index (χ1) is 10.1. The van der Waals surface area contributed by atoms with Gasteiger partial charge in [-0.3, -0.25) is 4.79 Å². The number of hydrogen-bond acceptors (Lipinski definition) is 4. The van der Waals surface area contributed by atoms with Gasteiger partial charge in [0, 0.05) is 18.0 Å². The molecule has 21 heavy (non-hydrogen) atoms. The lowest BCUT2D eigenvalue weighted by atomic mass is 9.73. The lowest BCUT2D eigenvalue weighted by molar-refractivity contribution is -0.132. The van der Waals surface area contributed by atoms with Crippen molar-refractivity contribution in [1.82, 2.24) is 10.2 Å². The van der Waals surface area contributed by atoms with Gasteiger partial charge in [0.15, 0.2) is 0 Å². The quantitative estimate of drug-likeness (QED) is 0.848. The van der Waals surface area contributed by atoms with Crippen LogP contribution in [0.15, 0.2) is 17.5 Å². The third kappa shape index (κ3) is 3.84. The molecule has 3 N–H and O–H groups in total. The van der Waals surface area contributed by atoms with Gasteiger partial charge in [-0.1, -0.05) is 25.3 Å². The van der Waals surface area contributed by atoms with Gasteiger partial charge in [0.05, 0.1) is 11.5 Å². The van der Waals surface area contributed by atoms with Crippen molar-refractivity contribution in [3.63, 3.8) is 0 Å². The second-order valence-electron chi connectivity index (χ2n) is 6.25. The summed E-state index contributed by atoms with van der Waals surface area (Å²) in [5.41, 5.74) is 5.60. The van der Waals surface area contributed by atoms with E-state index in [2.05, 4.69) is 41.8 Å². The molecular weight excluding hydrogens is 282 g/mol. The molecule has 0 aromatic carbocycles. The maximum Gasteiger partial charge on any atom is 0.227 e. The minimum absolute atomic E-state index is 0.146. The predicted octanol–water partition coefficient (Wildman–Crippen LogP) is 2.38. The Balaban J connectivity index is 1.98. The molecule has 0 spiro atoms. The molecule has 118 valence electrons. The van der Waals surface area contributed by atoms with Gasteiger partial charge in [-0.2, -0.15) is 0 Å². The standard InChI is InChI=1S/C16H27N3OS/c1-19(2)13(14-7-6-10-21-14)11-18-15(20)16(12-17)8-4-3-5-9-16/h6-7,10,13H,3-5,8-9,11-12,17H2,1-2H3,(H,18,20). The van der Waals surface area contributed by atoms with Crippen LogP contribution in [0.2, 0.25) is 0 Å². The Labute approximate surface area is 131 Å². The molecular formula is C16H27N3OS. The zero-order valence-electron chi connectivity index (χ0n) is 13.1. The highest BCUT2D eigenvalue weighted by molar-refractivity contribution is 7.10. The molecule has 1 unspecified atom stereocenters. The van der Waals surface area contributed by atoms with Gasteiger partial charge in [0.25, 0.3) is 0 Å². The lowest BCUT2D eigenvalue weighted by Gasteiger charge is -2.35. The summed E-state index contributed by atoms with van der Waals surface area (Å²) in [6.45, 7) is 1.11. The number of carbonyl (C=O) groups excluding carboxylic acids is 1. The summed E-state index contributed by atoms with van der Waals surface area (Å²) in [6, 6.07) is 4.41. The van der Waals surface area contributed by atoms with Gasteiger partial charge < -0.3 is 16.0 Å². The van der Waals surface area contributed by atoms with E-state index in [-0.39, 0.29) is 17.4 Å². The molecule has 1 atom stereocenters. The molecule has 0 bridgehead atoms. The molecule has 4 nitrogen and oxygen atoms in total. The first kappa shape index (κ1) is 16.5. The van der Waals surface area contributed by atoms with Crippen molar-refractivity contribution in [2.75, 3.05) is 27.2 Å². The van der Waals surface area contributed by atoms with Crippen molar-refractivity contribution >= 4 is 17.2 Å². The lowest BCUT2D eigenvalue weighted by Crippen LogP contribution is -2.48. The van der Waals surface area contributed by atoms with Gasteiger partial charge in [-0.25, -0.2) is 0 Å². The topological polar surface area (TPSA) is 58.4 Å². The number of nitrogens with one attached hydrogen (secondary N) is 1.